The topological polar surface area (TPSA) is 24.3 Å². The van der Waals surface area contributed by atoms with Gasteiger partial charge in [-0.1, -0.05) is 28.8 Å². The van der Waals surface area contributed by atoms with E-state index in [2.05, 4.69) is 42.7 Å². The van der Waals surface area contributed by atoms with Crippen LogP contribution in [0.25, 0.3) is 0 Å². The molecule has 1 saturated carbocycles. The molecule has 2 heterocycles. The highest BCUT2D eigenvalue weighted by molar-refractivity contribution is 9.09. The van der Waals surface area contributed by atoms with Crippen molar-refractivity contribution in [3.05, 3.63) is 18.0 Å². The summed E-state index contributed by atoms with van der Waals surface area (Å²) >= 11 is 3.55. The third-order valence-electron chi connectivity index (χ3n) is 4.83. The van der Waals surface area contributed by atoms with Gasteiger partial charge in [0.25, 0.3) is 0 Å². The molecule has 0 aromatic carbocycles. The lowest BCUT2D eigenvalue weighted by molar-refractivity contribution is 0.255. The molecule has 0 unspecified atom stereocenters. The summed E-state index contributed by atoms with van der Waals surface area (Å²) in [4.78, 5) is 5.13. The molecule has 3 rings (SSSR count). The van der Waals surface area contributed by atoms with Gasteiger partial charge in [0.2, 0.25) is 0 Å². The van der Waals surface area contributed by atoms with Crippen LogP contribution in [0.1, 0.15) is 43.8 Å². The maximum Gasteiger partial charge on any atom is 0.0764 e. The van der Waals surface area contributed by atoms with E-state index < -0.39 is 0 Å². The Kier molecular flexibility index (Phi) is 5.72. The van der Waals surface area contributed by atoms with Crippen molar-refractivity contribution in [2.45, 2.75) is 44.7 Å². The Hall–Kier alpha value is -0.390. The van der Waals surface area contributed by atoms with Crippen LogP contribution in [0.15, 0.2) is 12.3 Å². The van der Waals surface area contributed by atoms with Crippen LogP contribution in [0, 0.1) is 0 Å². The van der Waals surface area contributed by atoms with Crippen LogP contribution in [0.5, 0.6) is 0 Å². The smallest absolute Gasteiger partial charge is 0.0764 e. The van der Waals surface area contributed by atoms with Crippen LogP contribution in [-0.4, -0.2) is 57.6 Å². The van der Waals surface area contributed by atoms with Gasteiger partial charge in [0.05, 0.1) is 11.7 Å². The van der Waals surface area contributed by atoms with Gasteiger partial charge in [-0.05, 0) is 38.4 Å². The summed E-state index contributed by atoms with van der Waals surface area (Å²) in [5, 5.41) is 5.91. The fourth-order valence-electron chi connectivity index (χ4n) is 3.59. The number of aromatic nitrogens is 2. The lowest BCUT2D eigenvalue weighted by atomic mass is 10.3. The number of hydrogen-bond donors (Lipinski definition) is 0. The Morgan fingerprint density at radius 3 is 2.62 bits per heavy atom. The molecule has 1 saturated heterocycles. The summed E-state index contributed by atoms with van der Waals surface area (Å²) in [6.07, 6.45) is 8.83. The zero-order valence-corrected chi connectivity index (χ0v) is 14.5. The number of alkyl halides is 1. The minimum absolute atomic E-state index is 0.664. The third kappa shape index (κ3) is 4.30. The maximum absolute atomic E-state index is 4.83. The molecule has 1 aliphatic carbocycles. The summed E-state index contributed by atoms with van der Waals surface area (Å²) in [6, 6.07) is 2.89. The molecule has 0 bridgehead atoms. The minimum atomic E-state index is 0.664. The Morgan fingerprint density at radius 2 is 1.81 bits per heavy atom. The molecule has 0 amide bonds. The molecule has 1 aromatic rings. The van der Waals surface area contributed by atoms with Crippen LogP contribution in [-0.2, 0) is 6.54 Å². The summed E-state index contributed by atoms with van der Waals surface area (Å²) in [5.74, 6) is 0. The molecule has 2 fully saturated rings. The van der Waals surface area contributed by atoms with Gasteiger partial charge in [-0.2, -0.15) is 5.10 Å². The number of nitrogens with zero attached hydrogens (tertiary/aromatic N) is 4. The fraction of sp³-hybridized carbons (Fsp3) is 0.812. The average Bonchev–Trinajstić information content (AvgIpc) is 3.10. The van der Waals surface area contributed by atoms with Crippen LogP contribution in [0.2, 0.25) is 0 Å². The Morgan fingerprint density at radius 1 is 1.05 bits per heavy atom. The van der Waals surface area contributed by atoms with E-state index in [1.54, 1.807) is 0 Å². The predicted molar refractivity (Wildman–Crippen MR) is 89.9 cm³/mol. The molecule has 118 valence electrons. The summed E-state index contributed by atoms with van der Waals surface area (Å²) < 4.78 is 2.22. The maximum atomic E-state index is 4.83. The van der Waals surface area contributed by atoms with Crippen molar-refractivity contribution in [1.29, 1.82) is 0 Å². The lowest BCUT2D eigenvalue weighted by Crippen LogP contribution is -2.31. The minimum Gasteiger partial charge on any atom is -0.301 e. The second-order valence-corrected chi connectivity index (χ2v) is 7.18. The molecular weight excluding hydrogens is 328 g/mol. The van der Waals surface area contributed by atoms with Crippen LogP contribution < -0.4 is 0 Å². The number of rotatable bonds is 5. The average molecular weight is 355 g/mol. The number of hydrogen-bond acceptors (Lipinski definition) is 3. The highest BCUT2D eigenvalue weighted by Gasteiger charge is 2.19. The molecular formula is C16H27BrN4. The molecule has 5 heteroatoms. The van der Waals surface area contributed by atoms with Crippen molar-refractivity contribution in [2.75, 3.05) is 38.1 Å². The molecule has 1 aromatic heterocycles. The molecule has 0 atom stereocenters. The van der Waals surface area contributed by atoms with Crippen LogP contribution in [0.3, 0.4) is 0 Å². The molecule has 21 heavy (non-hydrogen) atoms. The van der Waals surface area contributed by atoms with E-state index in [-0.39, 0.29) is 0 Å². The highest BCUT2D eigenvalue weighted by atomic mass is 79.9. The summed E-state index contributed by atoms with van der Waals surface area (Å²) in [5.41, 5.74) is 1.25. The molecule has 2 aliphatic rings. The Balaban J connectivity index is 1.51. The summed E-state index contributed by atoms with van der Waals surface area (Å²) in [7, 11) is 0. The van der Waals surface area contributed by atoms with Gasteiger partial charge < -0.3 is 4.90 Å². The van der Waals surface area contributed by atoms with Crippen LogP contribution >= 0.6 is 15.9 Å². The van der Waals surface area contributed by atoms with Crippen molar-refractivity contribution in [2.24, 2.45) is 0 Å². The van der Waals surface area contributed by atoms with E-state index in [0.29, 0.717) is 6.04 Å². The van der Waals surface area contributed by atoms with E-state index in [1.807, 2.05) is 0 Å². The lowest BCUT2D eigenvalue weighted by Gasteiger charge is -2.20. The van der Waals surface area contributed by atoms with Gasteiger partial charge in [-0.15, -0.1) is 0 Å². The normalized spacial score (nSPS) is 22.7. The van der Waals surface area contributed by atoms with Gasteiger partial charge in [-0.3, -0.25) is 9.58 Å². The quantitative estimate of drug-likeness (QED) is 0.759. The molecule has 0 spiro atoms. The molecule has 0 N–H and O–H groups in total. The predicted octanol–water partition coefficient (Wildman–Crippen LogP) is 2.90. The van der Waals surface area contributed by atoms with Gasteiger partial charge >= 0.3 is 0 Å². The highest BCUT2D eigenvalue weighted by Crippen LogP contribution is 2.28. The van der Waals surface area contributed by atoms with Crippen molar-refractivity contribution in [1.82, 2.24) is 19.6 Å². The van der Waals surface area contributed by atoms with Gasteiger partial charge in [-0.25, -0.2) is 0 Å². The third-order valence-corrected chi connectivity index (χ3v) is 5.18. The SMILES string of the molecule is BrCCN1CCCN(Cc2ccn(C3CCCC3)n2)CC1. The van der Waals surface area contributed by atoms with Crippen molar-refractivity contribution in [3.63, 3.8) is 0 Å². The van der Waals surface area contributed by atoms with E-state index in [4.69, 9.17) is 5.10 Å². The Bertz CT molecular complexity index is 428. The van der Waals surface area contributed by atoms with E-state index in [9.17, 15) is 0 Å². The van der Waals surface area contributed by atoms with Gasteiger partial charge in [0.1, 0.15) is 0 Å². The van der Waals surface area contributed by atoms with E-state index in [1.165, 1.54) is 70.5 Å². The van der Waals surface area contributed by atoms with Gasteiger partial charge in [0.15, 0.2) is 0 Å². The summed E-state index contributed by atoms with van der Waals surface area (Å²) in [6.45, 7) is 6.98. The standard InChI is InChI=1S/C16H27BrN4/c17-7-11-19-8-3-9-20(13-12-19)14-15-6-10-21(18-15)16-4-1-2-5-16/h6,10,16H,1-5,7-9,11-14H2. The largest absolute Gasteiger partial charge is 0.301 e. The first-order valence-corrected chi connectivity index (χ1v) is 9.52. The van der Waals surface area contributed by atoms with Crippen molar-refractivity contribution < 1.29 is 0 Å². The first-order valence-electron chi connectivity index (χ1n) is 8.40. The second kappa shape index (κ2) is 7.75. The fourth-order valence-corrected chi connectivity index (χ4v) is 4.09. The molecule has 0 radical (unpaired) electrons. The first-order chi connectivity index (χ1) is 10.3. The van der Waals surface area contributed by atoms with E-state index in [0.717, 1.165) is 11.9 Å². The van der Waals surface area contributed by atoms with Crippen LogP contribution in [0.4, 0.5) is 0 Å². The zero-order valence-electron chi connectivity index (χ0n) is 12.9. The first kappa shape index (κ1) is 15.5. The monoisotopic (exact) mass is 354 g/mol. The number of halogens is 1. The van der Waals surface area contributed by atoms with Crippen molar-refractivity contribution >= 4 is 15.9 Å². The second-order valence-electron chi connectivity index (χ2n) is 6.39. The Labute approximate surface area is 136 Å². The van der Waals surface area contributed by atoms with E-state index >= 15 is 0 Å². The van der Waals surface area contributed by atoms with Gasteiger partial charge in [0, 0.05) is 37.7 Å². The van der Waals surface area contributed by atoms with Crippen molar-refractivity contribution in [3.8, 4) is 0 Å². The zero-order chi connectivity index (χ0) is 14.5. The molecule has 4 nitrogen and oxygen atoms in total. The molecule has 1 aliphatic heterocycles.